The van der Waals surface area contributed by atoms with Gasteiger partial charge in [0.1, 0.15) is 0 Å². The van der Waals surface area contributed by atoms with E-state index in [0.29, 0.717) is 22.5 Å². The summed E-state index contributed by atoms with van der Waals surface area (Å²) < 4.78 is 28.4. The van der Waals surface area contributed by atoms with Crippen molar-refractivity contribution in [2.75, 3.05) is 17.8 Å². The monoisotopic (exact) mass is 428 g/mol. The van der Waals surface area contributed by atoms with Crippen LogP contribution in [0.15, 0.2) is 47.4 Å². The fourth-order valence-corrected chi connectivity index (χ4v) is 5.46. The SMILES string of the molecule is CCCN(CCC)[C@H]1CCc2cc(NS(=O)(=O)c3ccc(C(C)C)cc3)ccc2C1. The maximum Gasteiger partial charge on any atom is 0.261 e. The molecule has 1 N–H and O–H groups in total. The number of benzene rings is 2. The highest BCUT2D eigenvalue weighted by Gasteiger charge is 2.24. The topological polar surface area (TPSA) is 49.4 Å². The summed E-state index contributed by atoms with van der Waals surface area (Å²) >= 11 is 0. The van der Waals surface area contributed by atoms with Crippen LogP contribution in [-0.2, 0) is 22.9 Å². The Kier molecular flexibility index (Phi) is 7.59. The number of hydrogen-bond donors (Lipinski definition) is 1. The predicted molar refractivity (Wildman–Crippen MR) is 126 cm³/mol. The van der Waals surface area contributed by atoms with Gasteiger partial charge in [-0.2, -0.15) is 0 Å². The molecule has 0 fully saturated rings. The first kappa shape index (κ1) is 22.8. The molecule has 0 radical (unpaired) electrons. The van der Waals surface area contributed by atoms with Gasteiger partial charge in [-0.1, -0.05) is 45.9 Å². The van der Waals surface area contributed by atoms with E-state index < -0.39 is 10.0 Å². The number of nitrogens with zero attached hydrogens (tertiary/aromatic N) is 1. The van der Waals surface area contributed by atoms with Crippen LogP contribution in [0.25, 0.3) is 0 Å². The fourth-order valence-electron chi connectivity index (χ4n) is 4.41. The second-order valence-corrected chi connectivity index (χ2v) is 10.4. The van der Waals surface area contributed by atoms with Crippen LogP contribution < -0.4 is 4.72 Å². The molecule has 4 nitrogen and oxygen atoms in total. The highest BCUT2D eigenvalue weighted by atomic mass is 32.2. The highest BCUT2D eigenvalue weighted by molar-refractivity contribution is 7.92. The molecule has 1 aliphatic carbocycles. The minimum absolute atomic E-state index is 0.305. The molecule has 0 unspecified atom stereocenters. The first-order chi connectivity index (χ1) is 14.3. The number of hydrogen-bond acceptors (Lipinski definition) is 3. The zero-order chi connectivity index (χ0) is 21.7. The van der Waals surface area contributed by atoms with E-state index in [2.05, 4.69) is 43.4 Å². The van der Waals surface area contributed by atoms with Crippen LogP contribution >= 0.6 is 0 Å². The van der Waals surface area contributed by atoms with Gasteiger partial charge in [0.2, 0.25) is 0 Å². The van der Waals surface area contributed by atoms with Crippen molar-refractivity contribution in [3.63, 3.8) is 0 Å². The summed E-state index contributed by atoms with van der Waals surface area (Å²) in [5.74, 6) is 0.379. The van der Waals surface area contributed by atoms with Crippen molar-refractivity contribution in [2.24, 2.45) is 0 Å². The van der Waals surface area contributed by atoms with Crippen LogP contribution in [-0.4, -0.2) is 32.4 Å². The summed E-state index contributed by atoms with van der Waals surface area (Å²) in [6.45, 7) is 11.0. The third kappa shape index (κ3) is 5.44. The minimum atomic E-state index is -3.58. The molecule has 2 aromatic carbocycles. The number of aryl methyl sites for hydroxylation is 1. The summed E-state index contributed by atoms with van der Waals surface area (Å²) in [4.78, 5) is 2.93. The second kappa shape index (κ2) is 9.97. The molecule has 2 aromatic rings. The molecule has 0 saturated carbocycles. The molecule has 30 heavy (non-hydrogen) atoms. The van der Waals surface area contributed by atoms with E-state index in [1.54, 1.807) is 12.1 Å². The number of anilines is 1. The Morgan fingerprint density at radius 2 is 1.67 bits per heavy atom. The van der Waals surface area contributed by atoms with Crippen LogP contribution in [0.3, 0.4) is 0 Å². The molecule has 0 amide bonds. The lowest BCUT2D eigenvalue weighted by Gasteiger charge is -2.35. The summed E-state index contributed by atoms with van der Waals surface area (Å²) in [6.07, 6.45) is 5.56. The van der Waals surface area contributed by atoms with Crippen molar-refractivity contribution >= 4 is 15.7 Å². The van der Waals surface area contributed by atoms with Crippen molar-refractivity contribution in [1.82, 2.24) is 4.90 Å². The molecule has 0 aromatic heterocycles. The molecule has 5 heteroatoms. The minimum Gasteiger partial charge on any atom is -0.300 e. The number of nitrogens with one attached hydrogen (secondary N) is 1. The number of sulfonamides is 1. The Hall–Kier alpha value is -1.85. The lowest BCUT2D eigenvalue weighted by molar-refractivity contribution is 0.180. The van der Waals surface area contributed by atoms with Crippen LogP contribution in [0, 0.1) is 0 Å². The van der Waals surface area contributed by atoms with Crippen molar-refractivity contribution in [1.29, 1.82) is 0 Å². The van der Waals surface area contributed by atoms with Gasteiger partial charge in [0, 0.05) is 11.7 Å². The quantitative estimate of drug-likeness (QED) is 0.566. The lowest BCUT2D eigenvalue weighted by Crippen LogP contribution is -2.40. The van der Waals surface area contributed by atoms with E-state index >= 15 is 0 Å². The Labute approximate surface area is 182 Å². The van der Waals surface area contributed by atoms with Crippen molar-refractivity contribution in [3.8, 4) is 0 Å². The highest BCUT2D eigenvalue weighted by Crippen LogP contribution is 2.28. The normalized spacial score (nSPS) is 16.7. The van der Waals surface area contributed by atoms with Crippen molar-refractivity contribution in [3.05, 3.63) is 59.2 Å². The standard InChI is InChI=1S/C25H36N2O2S/c1-5-15-27(16-6-2)24-12-8-21-17-23(11-7-22(21)18-24)26-30(28,29)25-13-9-20(10-14-25)19(3)4/h7,9-11,13-14,17,19,24,26H,5-6,8,12,15-16,18H2,1-4H3/t24-/m0/s1. The molecule has 164 valence electrons. The van der Waals surface area contributed by atoms with Gasteiger partial charge >= 0.3 is 0 Å². The summed E-state index contributed by atoms with van der Waals surface area (Å²) in [5, 5.41) is 0. The van der Waals surface area contributed by atoms with Gasteiger partial charge in [-0.3, -0.25) is 4.72 Å². The van der Waals surface area contributed by atoms with E-state index in [1.807, 2.05) is 24.3 Å². The average molecular weight is 429 g/mol. The third-order valence-corrected chi connectivity index (χ3v) is 7.45. The van der Waals surface area contributed by atoms with Crippen molar-refractivity contribution < 1.29 is 8.42 Å². The number of fused-ring (bicyclic) bond motifs is 1. The summed E-state index contributed by atoms with van der Waals surface area (Å²) in [6, 6.07) is 13.8. The average Bonchev–Trinajstić information content (AvgIpc) is 2.73. The molecule has 0 saturated heterocycles. The Morgan fingerprint density at radius 1 is 1.00 bits per heavy atom. The van der Waals surface area contributed by atoms with Crippen LogP contribution in [0.1, 0.15) is 69.6 Å². The first-order valence-corrected chi connectivity index (χ1v) is 12.8. The predicted octanol–water partition coefficient (Wildman–Crippen LogP) is 5.59. The largest absolute Gasteiger partial charge is 0.300 e. The Bertz CT molecular complexity index is 930. The Balaban J connectivity index is 1.72. The molecule has 3 rings (SSSR count). The third-order valence-electron chi connectivity index (χ3n) is 6.06. The maximum absolute atomic E-state index is 12.8. The van der Waals surface area contributed by atoms with Gasteiger partial charge in [-0.15, -0.1) is 0 Å². The van der Waals surface area contributed by atoms with E-state index in [1.165, 1.54) is 24.0 Å². The smallest absolute Gasteiger partial charge is 0.261 e. The lowest BCUT2D eigenvalue weighted by atomic mass is 9.87. The van der Waals surface area contributed by atoms with E-state index in [-0.39, 0.29) is 0 Å². The van der Waals surface area contributed by atoms with Gasteiger partial charge in [0.25, 0.3) is 10.0 Å². The molecule has 0 spiro atoms. The maximum atomic E-state index is 12.8. The molecule has 1 aliphatic rings. The van der Waals surface area contributed by atoms with E-state index in [9.17, 15) is 8.42 Å². The molecular formula is C25H36N2O2S. The van der Waals surface area contributed by atoms with Gasteiger partial charge in [-0.05, 0) is 92.1 Å². The molecule has 0 bridgehead atoms. The molecular weight excluding hydrogens is 392 g/mol. The van der Waals surface area contributed by atoms with Crippen molar-refractivity contribution in [2.45, 2.75) is 76.7 Å². The molecule has 0 heterocycles. The number of rotatable bonds is 9. The van der Waals surface area contributed by atoms with Crippen LogP contribution in [0.5, 0.6) is 0 Å². The van der Waals surface area contributed by atoms with E-state index in [4.69, 9.17) is 0 Å². The van der Waals surface area contributed by atoms with Gasteiger partial charge in [-0.25, -0.2) is 8.42 Å². The first-order valence-electron chi connectivity index (χ1n) is 11.3. The Morgan fingerprint density at radius 3 is 2.27 bits per heavy atom. The van der Waals surface area contributed by atoms with Gasteiger partial charge in [0.05, 0.1) is 4.90 Å². The zero-order valence-electron chi connectivity index (χ0n) is 18.8. The fraction of sp³-hybridized carbons (Fsp3) is 0.520. The van der Waals surface area contributed by atoms with Gasteiger partial charge in [0.15, 0.2) is 0 Å². The van der Waals surface area contributed by atoms with Crippen LogP contribution in [0.4, 0.5) is 5.69 Å². The summed E-state index contributed by atoms with van der Waals surface area (Å²) in [5.41, 5.74) is 4.42. The molecule has 0 aliphatic heterocycles. The summed E-state index contributed by atoms with van der Waals surface area (Å²) in [7, 11) is -3.58. The zero-order valence-corrected chi connectivity index (χ0v) is 19.6. The second-order valence-electron chi connectivity index (χ2n) is 8.75. The van der Waals surface area contributed by atoms with E-state index in [0.717, 1.165) is 37.9 Å². The molecule has 1 atom stereocenters. The van der Waals surface area contributed by atoms with Crippen LogP contribution in [0.2, 0.25) is 0 Å². The van der Waals surface area contributed by atoms with Gasteiger partial charge < -0.3 is 4.90 Å².